The number of urea groups is 1. The van der Waals surface area contributed by atoms with Crippen LogP contribution in [0.2, 0.25) is 0 Å². The van der Waals surface area contributed by atoms with Crippen molar-refractivity contribution in [2.24, 2.45) is 5.73 Å². The Kier molecular flexibility index (Phi) is 6.88. The molecule has 1 heterocycles. The predicted octanol–water partition coefficient (Wildman–Crippen LogP) is 2.51. The number of halogens is 3. The third-order valence-electron chi connectivity index (χ3n) is 5.29. The molecule has 1 saturated heterocycles. The van der Waals surface area contributed by atoms with E-state index in [2.05, 4.69) is 5.32 Å². The first kappa shape index (κ1) is 22.9. The molecule has 0 spiro atoms. The number of carbonyl (C=O) groups excluding carboxylic acids is 2. The number of nitrogens with one attached hydrogen (secondary N) is 1. The first-order valence-corrected chi connectivity index (χ1v) is 9.94. The monoisotopic (exact) mass is 445 g/mol. The van der Waals surface area contributed by atoms with Crippen molar-refractivity contribution in [2.45, 2.75) is 18.6 Å². The Balaban J connectivity index is 1.70. The fourth-order valence-corrected chi connectivity index (χ4v) is 3.63. The lowest BCUT2D eigenvalue weighted by Gasteiger charge is -2.41. The summed E-state index contributed by atoms with van der Waals surface area (Å²) in [6.07, 6.45) is -4.08. The van der Waals surface area contributed by atoms with Crippen LogP contribution in [0.5, 0.6) is 0 Å². The zero-order valence-electron chi connectivity index (χ0n) is 17.1. The van der Waals surface area contributed by atoms with Crippen LogP contribution >= 0.6 is 0 Å². The van der Waals surface area contributed by atoms with Crippen molar-refractivity contribution in [3.8, 4) is 6.07 Å². The molecule has 0 aliphatic carbocycles. The van der Waals surface area contributed by atoms with Gasteiger partial charge < -0.3 is 20.9 Å². The Labute approximate surface area is 183 Å². The second-order valence-electron chi connectivity index (χ2n) is 7.36. The fourth-order valence-electron chi connectivity index (χ4n) is 3.63. The van der Waals surface area contributed by atoms with Crippen LogP contribution in [0.4, 0.5) is 23.7 Å². The molecule has 10 heteroatoms. The van der Waals surface area contributed by atoms with Crippen LogP contribution in [0.3, 0.4) is 0 Å². The fraction of sp³-hybridized carbons (Fsp3) is 0.318. The van der Waals surface area contributed by atoms with Crippen molar-refractivity contribution in [1.29, 1.82) is 5.26 Å². The van der Waals surface area contributed by atoms with Crippen LogP contribution in [-0.2, 0) is 17.4 Å². The van der Waals surface area contributed by atoms with E-state index >= 15 is 0 Å². The molecule has 32 heavy (non-hydrogen) atoms. The van der Waals surface area contributed by atoms with Crippen molar-refractivity contribution in [3.63, 3.8) is 0 Å². The lowest BCUT2D eigenvalue weighted by Crippen LogP contribution is -2.61. The van der Waals surface area contributed by atoms with Gasteiger partial charge in [-0.15, -0.1) is 0 Å². The number of nitrogens with two attached hydrogens (primary N) is 1. The van der Waals surface area contributed by atoms with Crippen molar-refractivity contribution in [2.75, 3.05) is 31.1 Å². The molecule has 2 aromatic rings. The van der Waals surface area contributed by atoms with Crippen LogP contribution in [0.25, 0.3) is 0 Å². The topological polar surface area (TPSA) is 102 Å². The number of piperazine rings is 1. The summed E-state index contributed by atoms with van der Waals surface area (Å²) >= 11 is 0. The minimum Gasteiger partial charge on any atom is -0.368 e. The van der Waals surface area contributed by atoms with Gasteiger partial charge in [-0.1, -0.05) is 30.3 Å². The van der Waals surface area contributed by atoms with Gasteiger partial charge in [0.2, 0.25) is 5.91 Å². The highest BCUT2D eigenvalue weighted by Gasteiger charge is 2.37. The molecule has 1 aliphatic rings. The van der Waals surface area contributed by atoms with Crippen LogP contribution < -0.4 is 16.0 Å². The molecule has 3 amide bonds. The minimum atomic E-state index is -4.72. The maximum atomic E-state index is 13.3. The molecule has 0 aromatic heterocycles. The SMILES string of the molecule is N#Cc1ccc(N2CCN(C(=O)NCCc3ccccc3)CC2C(N)=O)cc1C(F)(F)F. The molecule has 1 unspecified atom stereocenters. The zero-order chi connectivity index (χ0) is 23.3. The van der Waals surface area contributed by atoms with Gasteiger partial charge in [0.15, 0.2) is 0 Å². The molecule has 0 bridgehead atoms. The average Bonchev–Trinajstić information content (AvgIpc) is 2.78. The van der Waals surface area contributed by atoms with Crippen molar-refractivity contribution in [1.82, 2.24) is 10.2 Å². The number of hydrogen-bond donors (Lipinski definition) is 2. The van der Waals surface area contributed by atoms with Crippen LogP contribution in [-0.4, -0.2) is 49.1 Å². The molecular weight excluding hydrogens is 423 g/mol. The smallest absolute Gasteiger partial charge is 0.368 e. The summed E-state index contributed by atoms with van der Waals surface area (Å²) in [5.74, 6) is -0.760. The van der Waals surface area contributed by atoms with E-state index in [9.17, 15) is 22.8 Å². The Morgan fingerprint density at radius 3 is 2.50 bits per heavy atom. The molecule has 168 valence electrons. The first-order valence-electron chi connectivity index (χ1n) is 9.94. The third-order valence-corrected chi connectivity index (χ3v) is 5.29. The standard InChI is InChI=1S/C22H22F3N5O2/c23-22(24,25)18-12-17(7-6-16(18)13-26)30-11-10-29(14-19(30)20(27)31)21(32)28-9-8-15-4-2-1-3-5-15/h1-7,12,19H,8-11,14H2,(H2,27,31)(H,28,32). The highest BCUT2D eigenvalue weighted by Crippen LogP contribution is 2.35. The number of hydrogen-bond acceptors (Lipinski definition) is 4. The molecular formula is C22H22F3N5O2. The molecule has 3 rings (SSSR count). The number of amides is 3. The number of anilines is 1. The van der Waals surface area contributed by atoms with Gasteiger partial charge in [0.1, 0.15) is 6.04 Å². The highest BCUT2D eigenvalue weighted by molar-refractivity contribution is 5.86. The van der Waals surface area contributed by atoms with Crippen molar-refractivity contribution in [3.05, 3.63) is 65.2 Å². The van der Waals surface area contributed by atoms with Gasteiger partial charge in [0, 0.05) is 25.3 Å². The van der Waals surface area contributed by atoms with E-state index in [0.717, 1.165) is 17.7 Å². The lowest BCUT2D eigenvalue weighted by atomic mass is 10.0. The van der Waals surface area contributed by atoms with E-state index in [1.54, 1.807) is 0 Å². The van der Waals surface area contributed by atoms with E-state index in [-0.39, 0.29) is 31.4 Å². The van der Waals surface area contributed by atoms with Gasteiger partial charge in [-0.25, -0.2) is 4.79 Å². The zero-order valence-corrected chi connectivity index (χ0v) is 17.1. The molecule has 1 atom stereocenters. The first-order chi connectivity index (χ1) is 15.2. The van der Waals surface area contributed by atoms with Gasteiger partial charge in [0.25, 0.3) is 0 Å². The van der Waals surface area contributed by atoms with Crippen molar-refractivity contribution < 1.29 is 22.8 Å². The number of carbonyl (C=O) groups is 2. The molecule has 7 nitrogen and oxygen atoms in total. The molecule has 0 radical (unpaired) electrons. The van der Waals surface area contributed by atoms with Gasteiger partial charge in [0.05, 0.1) is 23.7 Å². The summed E-state index contributed by atoms with van der Waals surface area (Å²) in [5.41, 5.74) is 5.09. The third kappa shape index (κ3) is 5.29. The van der Waals surface area contributed by atoms with E-state index in [0.29, 0.717) is 13.0 Å². The summed E-state index contributed by atoms with van der Waals surface area (Å²) in [6, 6.07) is 13.0. The van der Waals surface area contributed by atoms with Gasteiger partial charge >= 0.3 is 12.2 Å². The summed E-state index contributed by atoms with van der Waals surface area (Å²) < 4.78 is 40.0. The van der Waals surface area contributed by atoms with Crippen LogP contribution in [0.15, 0.2) is 48.5 Å². The summed E-state index contributed by atoms with van der Waals surface area (Å²) in [7, 11) is 0. The number of primary amides is 1. The van der Waals surface area contributed by atoms with E-state index in [1.807, 2.05) is 30.3 Å². The maximum absolute atomic E-state index is 13.3. The molecule has 1 fully saturated rings. The Morgan fingerprint density at radius 2 is 1.88 bits per heavy atom. The molecule has 0 saturated carbocycles. The highest BCUT2D eigenvalue weighted by atomic mass is 19.4. The number of benzene rings is 2. The summed E-state index contributed by atoms with van der Waals surface area (Å²) in [4.78, 5) is 27.4. The number of nitriles is 1. The van der Waals surface area contributed by atoms with Crippen molar-refractivity contribution >= 4 is 17.6 Å². The summed E-state index contributed by atoms with van der Waals surface area (Å²) in [6.45, 7) is 0.647. The minimum absolute atomic E-state index is 0.0617. The Morgan fingerprint density at radius 1 is 1.16 bits per heavy atom. The molecule has 1 aliphatic heterocycles. The van der Waals surface area contributed by atoms with Crippen LogP contribution in [0, 0.1) is 11.3 Å². The number of nitrogens with zero attached hydrogens (tertiary/aromatic N) is 3. The van der Waals surface area contributed by atoms with E-state index < -0.39 is 29.3 Å². The Bertz CT molecular complexity index is 1020. The second-order valence-corrected chi connectivity index (χ2v) is 7.36. The summed E-state index contributed by atoms with van der Waals surface area (Å²) in [5, 5.41) is 11.8. The number of alkyl halides is 3. The van der Waals surface area contributed by atoms with Gasteiger partial charge in [-0.05, 0) is 30.2 Å². The average molecular weight is 445 g/mol. The number of rotatable bonds is 5. The second kappa shape index (κ2) is 9.60. The Hall–Kier alpha value is -3.74. The van der Waals surface area contributed by atoms with E-state index in [4.69, 9.17) is 11.0 Å². The lowest BCUT2D eigenvalue weighted by molar-refractivity contribution is -0.137. The quantitative estimate of drug-likeness (QED) is 0.738. The predicted molar refractivity (Wildman–Crippen MR) is 112 cm³/mol. The van der Waals surface area contributed by atoms with Gasteiger partial charge in [-0.3, -0.25) is 4.79 Å². The van der Waals surface area contributed by atoms with Gasteiger partial charge in [-0.2, -0.15) is 18.4 Å². The maximum Gasteiger partial charge on any atom is 0.417 e. The van der Waals surface area contributed by atoms with Crippen LogP contribution in [0.1, 0.15) is 16.7 Å². The largest absolute Gasteiger partial charge is 0.417 e. The van der Waals surface area contributed by atoms with E-state index in [1.165, 1.54) is 21.9 Å². The molecule has 3 N–H and O–H groups in total. The molecule has 2 aromatic carbocycles. The normalized spacial score (nSPS) is 16.4.